The maximum absolute atomic E-state index is 15.0. The summed E-state index contributed by atoms with van der Waals surface area (Å²) in [4.78, 5) is 23.0. The molecule has 0 spiro atoms. The van der Waals surface area contributed by atoms with Gasteiger partial charge in [0.25, 0.3) is 5.56 Å². The van der Waals surface area contributed by atoms with Gasteiger partial charge in [0.2, 0.25) is 0 Å². The number of anilines is 1. The van der Waals surface area contributed by atoms with Crippen LogP contribution in [0.1, 0.15) is 31.4 Å². The van der Waals surface area contributed by atoms with Crippen LogP contribution in [0.5, 0.6) is 5.75 Å². The van der Waals surface area contributed by atoms with Gasteiger partial charge in [-0.3, -0.25) is 9.20 Å². The van der Waals surface area contributed by atoms with E-state index in [1.54, 1.807) is 34.3 Å². The summed E-state index contributed by atoms with van der Waals surface area (Å²) < 4.78 is 38.0. The van der Waals surface area contributed by atoms with Crippen LogP contribution in [0.2, 0.25) is 5.15 Å². The van der Waals surface area contributed by atoms with E-state index < -0.39 is 17.7 Å². The third kappa shape index (κ3) is 4.32. The van der Waals surface area contributed by atoms with Gasteiger partial charge < -0.3 is 10.5 Å². The van der Waals surface area contributed by atoms with E-state index in [1.165, 1.54) is 40.3 Å². The number of hydrogen-bond acceptors (Lipinski definition) is 7. The van der Waals surface area contributed by atoms with Gasteiger partial charge in [0.05, 0.1) is 23.1 Å². The Balaban J connectivity index is 1.44. The number of rotatable bonds is 6. The summed E-state index contributed by atoms with van der Waals surface area (Å²) in [7, 11) is 0. The third-order valence-corrected chi connectivity index (χ3v) is 8.46. The van der Waals surface area contributed by atoms with Crippen molar-refractivity contribution >= 4 is 44.6 Å². The number of hydrogen-bond donors (Lipinski definition) is 1. The fourth-order valence-corrected chi connectivity index (χ4v) is 6.18. The van der Waals surface area contributed by atoms with E-state index in [4.69, 9.17) is 27.2 Å². The van der Waals surface area contributed by atoms with Gasteiger partial charge in [-0.05, 0) is 67.3 Å². The number of nitrogens with two attached hydrogens (primary N) is 1. The highest BCUT2D eigenvalue weighted by molar-refractivity contribution is 7.16. The summed E-state index contributed by atoms with van der Waals surface area (Å²) in [6.45, 7) is 1.85. The summed E-state index contributed by atoms with van der Waals surface area (Å²) in [5.41, 5.74) is 8.40. The molecular weight excluding hydrogens is 570 g/mol. The molecular formula is C29H21ClF2N6O2S. The van der Waals surface area contributed by atoms with Gasteiger partial charge in [-0.25, -0.2) is 23.4 Å². The van der Waals surface area contributed by atoms with Gasteiger partial charge in [-0.2, -0.15) is 5.10 Å². The minimum absolute atomic E-state index is 0.0483. The Bertz CT molecular complexity index is 2050. The Morgan fingerprint density at radius 3 is 2.71 bits per heavy atom. The Labute approximate surface area is 240 Å². The lowest BCUT2D eigenvalue weighted by Gasteiger charge is -2.18. The summed E-state index contributed by atoms with van der Waals surface area (Å²) in [5.74, 6) is -0.638. The SMILES string of the molecule is C[C@@H](c1cc2scc(Cl)n2c(=O)c1-c1cccc(F)c1)n1nc(-c2ccc(OC3CC3)c(F)c2)c2c(N)ncnc21. The van der Waals surface area contributed by atoms with Crippen molar-refractivity contribution in [1.29, 1.82) is 0 Å². The molecule has 1 fully saturated rings. The zero-order valence-electron chi connectivity index (χ0n) is 21.5. The number of aromatic nitrogens is 5. The molecule has 1 aliphatic carbocycles. The number of thiazole rings is 1. The molecule has 8 nitrogen and oxygen atoms in total. The number of nitrogens with zero attached hydrogens (tertiary/aromatic N) is 5. The summed E-state index contributed by atoms with van der Waals surface area (Å²) in [6.07, 6.45) is 3.19. The standard InChI is InChI=1S/C29H21ClF2N6O2S/c1-14(19-11-23-37(22(30)12-41-23)29(39)24(19)15-3-2-4-17(31)9-15)38-28-25(27(33)34-13-35-28)26(36-38)16-5-8-21(20(32)10-16)40-18-6-7-18/h2-5,8-14,18H,6-7H2,1H3,(H2,33,34,35)/t14-/m0/s1. The maximum Gasteiger partial charge on any atom is 0.265 e. The van der Waals surface area contributed by atoms with E-state index in [1.807, 2.05) is 13.0 Å². The van der Waals surface area contributed by atoms with Crippen LogP contribution in [0, 0.1) is 11.6 Å². The van der Waals surface area contributed by atoms with Gasteiger partial charge in [-0.1, -0.05) is 23.7 Å². The molecule has 1 saturated carbocycles. The maximum atomic E-state index is 15.0. The fraction of sp³-hybridized carbons (Fsp3) is 0.172. The van der Waals surface area contributed by atoms with Crippen LogP contribution in [0.15, 0.2) is 65.0 Å². The van der Waals surface area contributed by atoms with Crippen molar-refractivity contribution < 1.29 is 13.5 Å². The quantitative estimate of drug-likeness (QED) is 0.238. The number of nitrogen functional groups attached to an aromatic ring is 1. The summed E-state index contributed by atoms with van der Waals surface area (Å²) in [5, 5.41) is 7.20. The number of pyridine rings is 1. The highest BCUT2D eigenvalue weighted by Gasteiger charge is 2.27. The summed E-state index contributed by atoms with van der Waals surface area (Å²) >= 11 is 7.66. The molecule has 4 aromatic heterocycles. The highest BCUT2D eigenvalue weighted by Crippen LogP contribution is 2.38. The summed E-state index contributed by atoms with van der Waals surface area (Å²) in [6, 6.07) is 11.7. The number of fused-ring (bicyclic) bond motifs is 2. The average molecular weight is 591 g/mol. The molecule has 12 heteroatoms. The first-order valence-electron chi connectivity index (χ1n) is 12.8. The lowest BCUT2D eigenvalue weighted by Crippen LogP contribution is -2.20. The zero-order chi connectivity index (χ0) is 28.4. The smallest absolute Gasteiger partial charge is 0.265 e. The molecule has 2 N–H and O–H groups in total. The molecule has 7 rings (SSSR count). The molecule has 0 bridgehead atoms. The monoisotopic (exact) mass is 590 g/mol. The molecule has 0 unspecified atom stereocenters. The van der Waals surface area contributed by atoms with Crippen LogP contribution in [0.3, 0.4) is 0 Å². The van der Waals surface area contributed by atoms with E-state index in [-0.39, 0.29) is 33.9 Å². The van der Waals surface area contributed by atoms with Crippen LogP contribution in [0.4, 0.5) is 14.6 Å². The highest BCUT2D eigenvalue weighted by atomic mass is 35.5. The lowest BCUT2D eigenvalue weighted by molar-refractivity contribution is 0.287. The topological polar surface area (TPSA) is 100 Å². The van der Waals surface area contributed by atoms with Crippen molar-refractivity contribution in [2.24, 2.45) is 0 Å². The first-order chi connectivity index (χ1) is 19.8. The molecule has 0 saturated heterocycles. The second kappa shape index (κ2) is 9.64. The molecule has 206 valence electrons. The molecule has 1 aliphatic rings. The van der Waals surface area contributed by atoms with Crippen LogP contribution >= 0.6 is 22.9 Å². The molecule has 4 heterocycles. The average Bonchev–Trinajstić information content (AvgIpc) is 3.56. The Hall–Kier alpha value is -4.35. The Morgan fingerprint density at radius 1 is 1.12 bits per heavy atom. The van der Waals surface area contributed by atoms with E-state index in [2.05, 4.69) is 9.97 Å². The predicted molar refractivity (Wildman–Crippen MR) is 155 cm³/mol. The second-order valence-electron chi connectivity index (χ2n) is 9.91. The third-order valence-electron chi connectivity index (χ3n) is 7.17. The van der Waals surface area contributed by atoms with Crippen molar-refractivity contribution in [2.75, 3.05) is 5.73 Å². The largest absolute Gasteiger partial charge is 0.487 e. The molecule has 41 heavy (non-hydrogen) atoms. The van der Waals surface area contributed by atoms with Crippen molar-refractivity contribution in [2.45, 2.75) is 31.9 Å². The fourth-order valence-electron chi connectivity index (χ4n) is 5.03. The van der Waals surface area contributed by atoms with Crippen molar-refractivity contribution in [3.05, 3.63) is 92.9 Å². The molecule has 6 aromatic rings. The molecule has 0 amide bonds. The minimum atomic E-state index is -0.584. The van der Waals surface area contributed by atoms with E-state index >= 15 is 4.39 Å². The zero-order valence-corrected chi connectivity index (χ0v) is 23.1. The number of benzene rings is 2. The molecule has 1 atom stereocenters. The van der Waals surface area contributed by atoms with Gasteiger partial charge in [-0.15, -0.1) is 11.3 Å². The van der Waals surface area contributed by atoms with Crippen LogP contribution in [0.25, 0.3) is 38.2 Å². The minimum Gasteiger partial charge on any atom is -0.487 e. The first-order valence-corrected chi connectivity index (χ1v) is 14.1. The lowest BCUT2D eigenvalue weighted by atomic mass is 9.97. The normalized spacial score (nSPS) is 14.1. The van der Waals surface area contributed by atoms with Gasteiger partial charge in [0, 0.05) is 10.9 Å². The van der Waals surface area contributed by atoms with E-state index in [0.29, 0.717) is 38.2 Å². The van der Waals surface area contributed by atoms with E-state index in [9.17, 15) is 9.18 Å². The second-order valence-corrected chi connectivity index (χ2v) is 11.2. The number of halogens is 3. The van der Waals surface area contributed by atoms with Crippen molar-refractivity contribution in [3.8, 4) is 28.1 Å². The van der Waals surface area contributed by atoms with Gasteiger partial charge >= 0.3 is 0 Å². The van der Waals surface area contributed by atoms with Crippen molar-refractivity contribution in [1.82, 2.24) is 24.1 Å². The van der Waals surface area contributed by atoms with Gasteiger partial charge in [0.15, 0.2) is 17.2 Å². The predicted octanol–water partition coefficient (Wildman–Crippen LogP) is 6.50. The van der Waals surface area contributed by atoms with Gasteiger partial charge in [0.1, 0.15) is 33.6 Å². The van der Waals surface area contributed by atoms with Crippen molar-refractivity contribution in [3.63, 3.8) is 0 Å². The van der Waals surface area contributed by atoms with Crippen LogP contribution in [-0.2, 0) is 0 Å². The number of ether oxygens (including phenoxy) is 1. The Morgan fingerprint density at radius 2 is 1.95 bits per heavy atom. The van der Waals surface area contributed by atoms with Crippen LogP contribution in [-0.4, -0.2) is 30.3 Å². The Kier molecular flexibility index (Phi) is 6.02. The molecule has 0 aliphatic heterocycles. The molecule has 0 radical (unpaired) electrons. The first kappa shape index (κ1) is 25.6. The van der Waals surface area contributed by atoms with E-state index in [0.717, 1.165) is 12.8 Å². The van der Waals surface area contributed by atoms with Crippen LogP contribution < -0.4 is 16.0 Å². The molecule has 2 aromatic carbocycles.